The number of hydrogen-bond donors (Lipinski definition) is 1. The number of nitrogens with one attached hydrogen (secondary N) is 1. The molecule has 0 aromatic heterocycles. The van der Waals surface area contributed by atoms with E-state index in [2.05, 4.69) is 17.4 Å². The molecule has 3 aromatic rings. The van der Waals surface area contributed by atoms with E-state index < -0.39 is 0 Å². The largest absolute Gasteiger partial charge is 0.356 e. The number of anilines is 1. The van der Waals surface area contributed by atoms with Crippen LogP contribution in [-0.4, -0.2) is 18.4 Å². The quantitative estimate of drug-likeness (QED) is 0.618. The number of hydrogen-bond acceptors (Lipinski definition) is 2. The zero-order valence-electron chi connectivity index (χ0n) is 16.9. The Morgan fingerprint density at radius 2 is 1.33 bits per heavy atom. The van der Waals surface area contributed by atoms with Crippen LogP contribution in [0.15, 0.2) is 91.0 Å². The second kappa shape index (κ2) is 9.40. The predicted molar refractivity (Wildman–Crippen MR) is 119 cm³/mol. The van der Waals surface area contributed by atoms with Gasteiger partial charge in [0.2, 0.25) is 11.8 Å². The third-order valence-electron chi connectivity index (χ3n) is 5.52. The number of nitrogens with zero attached hydrogens (tertiary/aromatic N) is 1. The molecule has 1 aliphatic rings. The maximum absolute atomic E-state index is 13.3. The lowest BCUT2D eigenvalue weighted by Crippen LogP contribution is -2.34. The number of carbonyl (C=O) groups excluding carboxylic acids is 2. The predicted octanol–water partition coefficient (Wildman–Crippen LogP) is 4.21. The highest BCUT2D eigenvalue weighted by Gasteiger charge is 2.49. The van der Waals surface area contributed by atoms with E-state index in [0.717, 1.165) is 17.7 Å². The Morgan fingerprint density at radius 1 is 0.767 bits per heavy atom. The van der Waals surface area contributed by atoms with Crippen LogP contribution in [0.2, 0.25) is 0 Å². The van der Waals surface area contributed by atoms with Crippen LogP contribution in [0.25, 0.3) is 0 Å². The molecule has 1 N–H and O–H groups in total. The van der Waals surface area contributed by atoms with Crippen LogP contribution in [0.5, 0.6) is 0 Å². The van der Waals surface area contributed by atoms with Crippen molar-refractivity contribution in [3.05, 3.63) is 102 Å². The summed E-state index contributed by atoms with van der Waals surface area (Å²) in [6.07, 6.45) is 1.41. The van der Waals surface area contributed by atoms with Crippen molar-refractivity contribution < 1.29 is 9.59 Å². The van der Waals surface area contributed by atoms with Crippen molar-refractivity contribution in [2.45, 2.75) is 19.4 Å². The molecule has 0 saturated heterocycles. The molecule has 2 unspecified atom stereocenters. The third-order valence-corrected chi connectivity index (χ3v) is 5.52. The van der Waals surface area contributed by atoms with E-state index in [1.165, 1.54) is 5.56 Å². The Hall–Kier alpha value is -3.40. The van der Waals surface area contributed by atoms with Gasteiger partial charge in [0.05, 0.1) is 18.4 Å². The fourth-order valence-electron chi connectivity index (χ4n) is 3.73. The van der Waals surface area contributed by atoms with Crippen molar-refractivity contribution in [2.75, 3.05) is 11.4 Å². The fraction of sp³-hybridized carbons (Fsp3) is 0.231. The summed E-state index contributed by atoms with van der Waals surface area (Å²) in [7, 11) is 0. The van der Waals surface area contributed by atoms with Gasteiger partial charge in [-0.2, -0.15) is 0 Å². The first-order valence-corrected chi connectivity index (χ1v) is 10.4. The number of para-hydroxylation sites is 1. The third kappa shape index (κ3) is 4.95. The monoisotopic (exact) mass is 398 g/mol. The normalized spacial score (nSPS) is 17.2. The average molecular weight is 399 g/mol. The van der Waals surface area contributed by atoms with Crippen molar-refractivity contribution in [2.24, 2.45) is 11.8 Å². The van der Waals surface area contributed by atoms with Gasteiger partial charge < -0.3 is 10.2 Å². The van der Waals surface area contributed by atoms with Gasteiger partial charge in [-0.15, -0.1) is 0 Å². The van der Waals surface area contributed by atoms with Gasteiger partial charge >= 0.3 is 0 Å². The molecule has 2 amide bonds. The Bertz CT molecular complexity index is 974. The number of benzene rings is 3. The van der Waals surface area contributed by atoms with Crippen molar-refractivity contribution in [3.63, 3.8) is 0 Å². The minimum absolute atomic E-state index is 0.0167. The summed E-state index contributed by atoms with van der Waals surface area (Å²) >= 11 is 0. The van der Waals surface area contributed by atoms with Crippen molar-refractivity contribution >= 4 is 17.5 Å². The van der Waals surface area contributed by atoms with Gasteiger partial charge in [-0.25, -0.2) is 0 Å². The van der Waals surface area contributed by atoms with Crippen LogP contribution in [0.4, 0.5) is 5.69 Å². The summed E-state index contributed by atoms with van der Waals surface area (Å²) < 4.78 is 0. The molecule has 152 valence electrons. The lowest BCUT2D eigenvalue weighted by molar-refractivity contribution is -0.126. The summed E-state index contributed by atoms with van der Waals surface area (Å²) in [6.45, 7) is 1.09. The molecule has 1 fully saturated rings. The van der Waals surface area contributed by atoms with Crippen molar-refractivity contribution in [3.8, 4) is 0 Å². The summed E-state index contributed by atoms with van der Waals surface area (Å²) in [6, 6.07) is 29.7. The van der Waals surface area contributed by atoms with E-state index in [9.17, 15) is 9.59 Å². The number of amides is 2. The lowest BCUT2D eigenvalue weighted by Gasteiger charge is -2.23. The highest BCUT2D eigenvalue weighted by Crippen LogP contribution is 2.41. The molecule has 0 radical (unpaired) electrons. The minimum atomic E-state index is -0.245. The minimum Gasteiger partial charge on any atom is -0.356 e. The van der Waals surface area contributed by atoms with Crippen LogP contribution < -0.4 is 10.2 Å². The van der Waals surface area contributed by atoms with Crippen molar-refractivity contribution in [1.29, 1.82) is 0 Å². The average Bonchev–Trinajstić information content (AvgIpc) is 3.60. The summed E-state index contributed by atoms with van der Waals surface area (Å²) in [5.41, 5.74) is 3.13. The van der Waals surface area contributed by atoms with Crippen LogP contribution in [0, 0.1) is 11.8 Å². The van der Waals surface area contributed by atoms with Gasteiger partial charge in [0.15, 0.2) is 0 Å². The standard InChI is InChI=1S/C26H26N2O2/c29-25(27-17-16-20-10-4-1-5-11-20)23-18-24(23)26(30)28(22-14-8-3-9-15-22)19-21-12-6-2-7-13-21/h1-15,23-24H,16-19H2,(H,27,29). The van der Waals surface area contributed by atoms with Crippen LogP contribution in [-0.2, 0) is 22.6 Å². The molecule has 2 atom stereocenters. The lowest BCUT2D eigenvalue weighted by atomic mass is 10.1. The molecule has 4 nitrogen and oxygen atoms in total. The van der Waals surface area contributed by atoms with Crippen LogP contribution in [0.1, 0.15) is 17.5 Å². The van der Waals surface area contributed by atoms with Crippen LogP contribution in [0.3, 0.4) is 0 Å². The van der Waals surface area contributed by atoms with E-state index in [4.69, 9.17) is 0 Å². The van der Waals surface area contributed by atoms with Gasteiger partial charge in [-0.1, -0.05) is 78.9 Å². The molecule has 3 aromatic carbocycles. The first kappa shape index (κ1) is 19.9. The molecular weight excluding hydrogens is 372 g/mol. The fourth-order valence-corrected chi connectivity index (χ4v) is 3.73. The van der Waals surface area contributed by atoms with Gasteiger partial charge in [0, 0.05) is 12.2 Å². The molecular formula is C26H26N2O2. The molecule has 1 saturated carbocycles. The molecule has 1 aliphatic carbocycles. The molecule has 30 heavy (non-hydrogen) atoms. The highest BCUT2D eigenvalue weighted by atomic mass is 16.2. The molecule has 0 bridgehead atoms. The zero-order chi connectivity index (χ0) is 20.8. The highest BCUT2D eigenvalue weighted by molar-refractivity contribution is 6.01. The van der Waals surface area contributed by atoms with Gasteiger partial charge in [0.25, 0.3) is 0 Å². The number of rotatable bonds is 8. The molecule has 0 heterocycles. The maximum Gasteiger partial charge on any atom is 0.231 e. The topological polar surface area (TPSA) is 49.4 Å². The van der Waals surface area contributed by atoms with E-state index in [0.29, 0.717) is 19.5 Å². The second-order valence-corrected chi connectivity index (χ2v) is 7.72. The maximum atomic E-state index is 13.3. The zero-order valence-corrected chi connectivity index (χ0v) is 16.9. The number of carbonyl (C=O) groups is 2. The van der Waals surface area contributed by atoms with Gasteiger partial charge in [-0.3, -0.25) is 9.59 Å². The Morgan fingerprint density at radius 3 is 1.97 bits per heavy atom. The van der Waals surface area contributed by atoms with Gasteiger partial charge in [-0.05, 0) is 36.1 Å². The van der Waals surface area contributed by atoms with E-state index in [1.54, 1.807) is 4.90 Å². The van der Waals surface area contributed by atoms with Crippen LogP contribution >= 0.6 is 0 Å². The van der Waals surface area contributed by atoms with Crippen molar-refractivity contribution in [1.82, 2.24) is 5.32 Å². The van der Waals surface area contributed by atoms with Gasteiger partial charge in [0.1, 0.15) is 0 Å². The summed E-state index contributed by atoms with van der Waals surface area (Å²) in [4.78, 5) is 27.6. The summed E-state index contributed by atoms with van der Waals surface area (Å²) in [5.74, 6) is -0.467. The van der Waals surface area contributed by atoms with E-state index in [-0.39, 0.29) is 23.7 Å². The second-order valence-electron chi connectivity index (χ2n) is 7.72. The smallest absolute Gasteiger partial charge is 0.231 e. The Balaban J connectivity index is 1.37. The molecule has 0 aliphatic heterocycles. The molecule has 0 spiro atoms. The van der Waals surface area contributed by atoms with E-state index in [1.807, 2.05) is 78.9 Å². The summed E-state index contributed by atoms with van der Waals surface area (Å²) in [5, 5.41) is 3.00. The first-order chi connectivity index (χ1) is 14.7. The molecule has 4 heteroatoms. The van der Waals surface area contributed by atoms with E-state index >= 15 is 0 Å². The molecule has 4 rings (SSSR count). The Labute approximate surface area is 177 Å². The first-order valence-electron chi connectivity index (χ1n) is 10.4. The SMILES string of the molecule is O=C(NCCc1ccccc1)C1CC1C(=O)N(Cc1ccccc1)c1ccccc1. The Kier molecular flexibility index (Phi) is 6.23.